The van der Waals surface area contributed by atoms with Gasteiger partial charge >= 0.3 is 0 Å². The quantitative estimate of drug-likeness (QED) is 0.407. The lowest BCUT2D eigenvalue weighted by Gasteiger charge is -2.19. The summed E-state index contributed by atoms with van der Waals surface area (Å²) in [6.45, 7) is 0.640. The third-order valence-electron chi connectivity index (χ3n) is 3.20. The number of unbranched alkanes of at least 4 members (excludes halogenated alkanes) is 1. The van der Waals surface area contributed by atoms with Gasteiger partial charge in [0.1, 0.15) is 0 Å². The van der Waals surface area contributed by atoms with Crippen molar-refractivity contribution >= 4 is 18.5 Å². The van der Waals surface area contributed by atoms with Crippen molar-refractivity contribution in [3.63, 3.8) is 0 Å². The highest BCUT2D eigenvalue weighted by atomic mass is 32.1. The minimum atomic E-state index is -0.459. The minimum Gasteiger partial charge on any atom is -0.351 e. The van der Waals surface area contributed by atoms with Crippen LogP contribution in [0.3, 0.4) is 0 Å². The first-order valence-electron chi connectivity index (χ1n) is 7.08. The van der Waals surface area contributed by atoms with Crippen LogP contribution in [-0.2, 0) is 11.2 Å². The molecule has 0 aliphatic rings. The molecule has 0 unspecified atom stereocenters. The smallest absolute Gasteiger partial charge is 0.237 e. The zero-order valence-electron chi connectivity index (χ0n) is 11.8. The van der Waals surface area contributed by atoms with E-state index in [0.29, 0.717) is 18.7 Å². The third-order valence-corrected chi connectivity index (χ3v) is 3.64. The first kappa shape index (κ1) is 17.0. The summed E-state index contributed by atoms with van der Waals surface area (Å²) < 4.78 is 0. The highest BCUT2D eigenvalue weighted by Gasteiger charge is 2.17. The Bertz CT molecular complexity index is 386. The van der Waals surface area contributed by atoms with E-state index in [2.05, 4.69) is 17.9 Å². The Morgan fingerprint density at radius 1 is 1.25 bits per heavy atom. The van der Waals surface area contributed by atoms with E-state index in [1.54, 1.807) is 0 Å². The number of benzene rings is 1. The lowest BCUT2D eigenvalue weighted by molar-refractivity contribution is -0.123. The maximum atomic E-state index is 12.0. The second-order valence-corrected chi connectivity index (χ2v) is 5.33. The molecule has 1 aromatic carbocycles. The fraction of sp³-hybridized carbons (Fsp3) is 0.533. The molecule has 0 heterocycles. The van der Waals surface area contributed by atoms with Crippen LogP contribution < -0.4 is 16.8 Å². The zero-order chi connectivity index (χ0) is 14.8. The summed E-state index contributed by atoms with van der Waals surface area (Å²) in [5.41, 5.74) is 12.5. The molecular formula is C15H25N3OS. The van der Waals surface area contributed by atoms with E-state index in [1.807, 2.05) is 30.3 Å². The molecule has 0 aliphatic carbocycles. The highest BCUT2D eigenvalue weighted by molar-refractivity contribution is 7.80. The van der Waals surface area contributed by atoms with Crippen LogP contribution in [0.5, 0.6) is 0 Å². The fourth-order valence-corrected chi connectivity index (χ4v) is 2.23. The number of nitrogens with two attached hydrogens (primary N) is 2. The Balaban J connectivity index is 2.41. The Morgan fingerprint density at radius 2 is 1.95 bits per heavy atom. The number of rotatable bonds is 9. The van der Waals surface area contributed by atoms with Gasteiger partial charge < -0.3 is 16.8 Å². The van der Waals surface area contributed by atoms with Crippen molar-refractivity contribution in [1.29, 1.82) is 0 Å². The molecule has 1 amide bonds. The van der Waals surface area contributed by atoms with E-state index in [9.17, 15) is 4.79 Å². The van der Waals surface area contributed by atoms with E-state index in [4.69, 9.17) is 11.5 Å². The number of hydrogen-bond acceptors (Lipinski definition) is 4. The van der Waals surface area contributed by atoms with Crippen molar-refractivity contribution in [3.8, 4) is 0 Å². The lowest BCUT2D eigenvalue weighted by Crippen LogP contribution is -2.46. The molecule has 0 saturated heterocycles. The summed E-state index contributed by atoms with van der Waals surface area (Å²) in [4.78, 5) is 12.0. The molecular weight excluding hydrogens is 270 g/mol. The molecule has 0 radical (unpaired) electrons. The zero-order valence-corrected chi connectivity index (χ0v) is 12.7. The molecule has 2 atom stereocenters. The van der Waals surface area contributed by atoms with E-state index in [1.165, 1.54) is 5.56 Å². The predicted molar refractivity (Wildman–Crippen MR) is 86.8 cm³/mol. The van der Waals surface area contributed by atoms with Crippen LogP contribution in [-0.4, -0.2) is 30.3 Å². The van der Waals surface area contributed by atoms with Gasteiger partial charge in [0, 0.05) is 11.8 Å². The first-order chi connectivity index (χ1) is 9.67. The average molecular weight is 295 g/mol. The van der Waals surface area contributed by atoms with E-state index < -0.39 is 6.04 Å². The molecule has 1 aromatic rings. The van der Waals surface area contributed by atoms with Crippen molar-refractivity contribution in [2.75, 3.05) is 12.3 Å². The van der Waals surface area contributed by atoms with Crippen LogP contribution in [0, 0.1) is 0 Å². The molecule has 0 aliphatic heterocycles. The summed E-state index contributed by atoms with van der Waals surface area (Å²) >= 11 is 4.30. The minimum absolute atomic E-state index is 0.00814. The van der Waals surface area contributed by atoms with Gasteiger partial charge in [-0.1, -0.05) is 36.8 Å². The summed E-state index contributed by atoms with van der Waals surface area (Å²) in [7, 11) is 0. The van der Waals surface area contributed by atoms with Crippen LogP contribution in [0.2, 0.25) is 0 Å². The normalized spacial score (nSPS) is 13.8. The van der Waals surface area contributed by atoms with Gasteiger partial charge in [-0.3, -0.25) is 4.79 Å². The van der Waals surface area contributed by atoms with Crippen molar-refractivity contribution in [1.82, 2.24) is 5.32 Å². The second kappa shape index (κ2) is 9.80. The van der Waals surface area contributed by atoms with Gasteiger partial charge in [0.2, 0.25) is 5.91 Å². The molecule has 20 heavy (non-hydrogen) atoms. The van der Waals surface area contributed by atoms with Crippen molar-refractivity contribution in [3.05, 3.63) is 35.9 Å². The van der Waals surface area contributed by atoms with Crippen LogP contribution >= 0.6 is 12.6 Å². The van der Waals surface area contributed by atoms with Gasteiger partial charge in [0.05, 0.1) is 6.04 Å². The molecule has 0 saturated carbocycles. The number of amides is 1. The predicted octanol–water partition coefficient (Wildman–Crippen LogP) is 1.10. The molecule has 112 valence electrons. The number of thiol groups is 1. The summed E-state index contributed by atoms with van der Waals surface area (Å²) in [6.07, 6.45) is 3.23. The number of carbonyl (C=O) groups is 1. The Morgan fingerprint density at radius 3 is 2.55 bits per heavy atom. The molecule has 0 fully saturated rings. The standard InChI is InChI=1S/C15H25N3OS/c16-9-5-4-8-14(17)15(19)18-13(11-20)10-12-6-2-1-3-7-12/h1-3,6-7,13-14,20H,4-5,8-11,16-17H2,(H,18,19)/t13-,14-/m1/s1. The average Bonchev–Trinajstić information content (AvgIpc) is 2.47. The molecule has 0 spiro atoms. The largest absolute Gasteiger partial charge is 0.351 e. The highest BCUT2D eigenvalue weighted by Crippen LogP contribution is 2.05. The van der Waals surface area contributed by atoms with Crippen LogP contribution in [0.15, 0.2) is 30.3 Å². The van der Waals surface area contributed by atoms with Gasteiger partial charge in [-0.15, -0.1) is 0 Å². The molecule has 1 rings (SSSR count). The van der Waals surface area contributed by atoms with Gasteiger partial charge in [0.25, 0.3) is 0 Å². The Labute approximate surface area is 126 Å². The van der Waals surface area contributed by atoms with Crippen LogP contribution in [0.4, 0.5) is 0 Å². The van der Waals surface area contributed by atoms with Crippen molar-refractivity contribution in [2.45, 2.75) is 37.8 Å². The second-order valence-electron chi connectivity index (χ2n) is 4.97. The summed E-state index contributed by atoms with van der Waals surface area (Å²) in [5, 5.41) is 2.97. The molecule has 5 heteroatoms. The summed E-state index contributed by atoms with van der Waals surface area (Å²) in [6, 6.07) is 9.60. The van der Waals surface area contributed by atoms with Gasteiger partial charge in [-0.25, -0.2) is 0 Å². The third kappa shape index (κ3) is 6.41. The maximum Gasteiger partial charge on any atom is 0.237 e. The van der Waals surface area contributed by atoms with Gasteiger partial charge in [-0.05, 0) is 31.4 Å². The van der Waals surface area contributed by atoms with Crippen LogP contribution in [0.1, 0.15) is 24.8 Å². The fourth-order valence-electron chi connectivity index (χ4n) is 2.01. The van der Waals surface area contributed by atoms with E-state index in [-0.39, 0.29) is 11.9 Å². The molecule has 4 nitrogen and oxygen atoms in total. The number of nitrogens with one attached hydrogen (secondary N) is 1. The number of hydrogen-bond donors (Lipinski definition) is 4. The molecule has 5 N–H and O–H groups in total. The maximum absolute atomic E-state index is 12.0. The summed E-state index contributed by atoms with van der Waals surface area (Å²) in [5.74, 6) is 0.493. The molecule has 0 bridgehead atoms. The topological polar surface area (TPSA) is 81.1 Å². The molecule has 0 aromatic heterocycles. The van der Waals surface area contributed by atoms with E-state index >= 15 is 0 Å². The van der Waals surface area contributed by atoms with Crippen molar-refractivity contribution in [2.24, 2.45) is 11.5 Å². The Kier molecular flexibility index (Phi) is 8.34. The lowest BCUT2D eigenvalue weighted by atomic mass is 10.1. The van der Waals surface area contributed by atoms with Gasteiger partial charge in [0.15, 0.2) is 0 Å². The monoisotopic (exact) mass is 295 g/mol. The van der Waals surface area contributed by atoms with Crippen LogP contribution in [0.25, 0.3) is 0 Å². The number of carbonyl (C=O) groups excluding carboxylic acids is 1. The SMILES string of the molecule is NCCCC[C@@H](N)C(=O)N[C@@H](CS)Cc1ccccc1. The van der Waals surface area contributed by atoms with Gasteiger partial charge in [-0.2, -0.15) is 12.6 Å². The van der Waals surface area contributed by atoms with E-state index in [0.717, 1.165) is 19.3 Å². The van der Waals surface area contributed by atoms with Crippen molar-refractivity contribution < 1.29 is 4.79 Å². The Hall–Kier alpha value is -1.04. The first-order valence-corrected chi connectivity index (χ1v) is 7.71.